The van der Waals surface area contributed by atoms with Crippen LogP contribution in [0.2, 0.25) is 0 Å². The lowest BCUT2D eigenvalue weighted by Gasteiger charge is -2.44. The monoisotopic (exact) mass is 360 g/mol. The van der Waals surface area contributed by atoms with E-state index in [2.05, 4.69) is 29.7 Å². The van der Waals surface area contributed by atoms with Gasteiger partial charge in [-0.3, -0.25) is 14.2 Å². The van der Waals surface area contributed by atoms with Crippen LogP contribution in [-0.2, 0) is 11.0 Å². The van der Waals surface area contributed by atoms with Crippen molar-refractivity contribution in [3.63, 3.8) is 0 Å². The smallest absolute Gasteiger partial charge is 0.209 e. The van der Waals surface area contributed by atoms with Crippen LogP contribution in [0.25, 0.3) is 0 Å². The zero-order chi connectivity index (χ0) is 17.4. The molecule has 2 fully saturated rings. The molecule has 1 aromatic rings. The Morgan fingerprint density at radius 2 is 1.68 bits per heavy atom. The fourth-order valence-corrected chi connectivity index (χ4v) is 5.43. The van der Waals surface area contributed by atoms with E-state index in [1.165, 1.54) is 19.3 Å². The van der Waals surface area contributed by atoms with Crippen molar-refractivity contribution in [3.8, 4) is 0 Å². The van der Waals surface area contributed by atoms with E-state index in [1.807, 2.05) is 16.4 Å². The first kappa shape index (κ1) is 17.0. The molecule has 3 aliphatic rings. The van der Waals surface area contributed by atoms with Gasteiger partial charge in [0.25, 0.3) is 0 Å². The topological polar surface area (TPSA) is 39.2 Å². The van der Waals surface area contributed by atoms with Gasteiger partial charge in [-0.25, -0.2) is 4.21 Å². The number of benzene rings is 1. The highest BCUT2D eigenvalue weighted by molar-refractivity contribution is 7.83. The lowest BCUT2D eigenvalue weighted by atomic mass is 9.91. The largest absolute Gasteiger partial charge is 0.339 e. The van der Waals surface area contributed by atoms with E-state index in [-0.39, 0.29) is 0 Å². The zero-order valence-electron chi connectivity index (χ0n) is 15.3. The minimum atomic E-state index is -1.17. The predicted molar refractivity (Wildman–Crippen MR) is 102 cm³/mol. The Balaban J connectivity index is 1.44. The molecule has 136 valence electrons. The van der Waals surface area contributed by atoms with Gasteiger partial charge in [0.1, 0.15) is 0 Å². The van der Waals surface area contributed by atoms with Crippen LogP contribution in [0.1, 0.15) is 30.4 Å². The summed E-state index contributed by atoms with van der Waals surface area (Å²) in [6.07, 6.45) is 4.12. The van der Waals surface area contributed by atoms with E-state index >= 15 is 0 Å². The highest BCUT2D eigenvalue weighted by Crippen LogP contribution is 2.26. The molecule has 2 heterocycles. The molecule has 2 aliphatic heterocycles. The molecule has 0 radical (unpaired) electrons. The van der Waals surface area contributed by atoms with Crippen LogP contribution >= 0.6 is 0 Å². The number of hydrogen-bond donors (Lipinski definition) is 0. The molecule has 1 aromatic carbocycles. The van der Waals surface area contributed by atoms with Crippen molar-refractivity contribution < 1.29 is 4.21 Å². The van der Waals surface area contributed by atoms with Crippen LogP contribution < -0.4 is 0 Å². The second-order valence-corrected chi connectivity index (χ2v) is 8.87. The summed E-state index contributed by atoms with van der Waals surface area (Å²) >= 11 is 0. The van der Waals surface area contributed by atoms with E-state index in [9.17, 15) is 4.21 Å². The van der Waals surface area contributed by atoms with Gasteiger partial charge in [-0.1, -0.05) is 12.5 Å². The van der Waals surface area contributed by atoms with Gasteiger partial charge >= 0.3 is 0 Å². The standard InChI is InChI=1S/C19H28N4OS/c1-15-12-16(2)14-18(13-15)25(24)23-7-6-20-19(23)22-10-8-21(9-11-22)17-4-3-5-17/h12-14,17H,3-11H2,1-2H3. The van der Waals surface area contributed by atoms with Crippen molar-refractivity contribution in [2.75, 3.05) is 39.3 Å². The molecule has 25 heavy (non-hydrogen) atoms. The highest BCUT2D eigenvalue weighted by atomic mass is 32.2. The van der Waals surface area contributed by atoms with E-state index in [1.54, 1.807) is 0 Å². The number of rotatable bonds is 3. The Bertz CT molecular complexity index is 672. The normalized spacial score (nSPS) is 23.5. The molecule has 0 spiro atoms. The first-order chi connectivity index (χ1) is 12.1. The van der Waals surface area contributed by atoms with Crippen LogP contribution in [0.4, 0.5) is 0 Å². The fraction of sp³-hybridized carbons (Fsp3) is 0.632. The van der Waals surface area contributed by atoms with Gasteiger partial charge in [0, 0.05) is 32.2 Å². The Hall–Kier alpha value is -1.40. The van der Waals surface area contributed by atoms with Crippen molar-refractivity contribution >= 4 is 16.9 Å². The molecule has 1 unspecified atom stereocenters. The molecular weight excluding hydrogens is 332 g/mol. The lowest BCUT2D eigenvalue weighted by Crippen LogP contribution is -2.55. The van der Waals surface area contributed by atoms with Gasteiger partial charge in [-0.05, 0) is 49.9 Å². The minimum absolute atomic E-state index is 0.745. The number of guanidine groups is 1. The van der Waals surface area contributed by atoms with E-state index in [0.717, 1.165) is 67.3 Å². The first-order valence-electron chi connectivity index (χ1n) is 9.43. The minimum Gasteiger partial charge on any atom is -0.339 e. The van der Waals surface area contributed by atoms with Crippen molar-refractivity contribution in [3.05, 3.63) is 29.3 Å². The lowest BCUT2D eigenvalue weighted by molar-refractivity contribution is 0.0834. The Morgan fingerprint density at radius 3 is 2.28 bits per heavy atom. The quantitative estimate of drug-likeness (QED) is 0.829. The van der Waals surface area contributed by atoms with Crippen molar-refractivity contribution in [1.29, 1.82) is 0 Å². The first-order valence-corrected chi connectivity index (χ1v) is 10.5. The summed E-state index contributed by atoms with van der Waals surface area (Å²) in [6, 6.07) is 7.01. The predicted octanol–water partition coefficient (Wildman–Crippen LogP) is 2.17. The maximum atomic E-state index is 13.2. The molecule has 1 saturated carbocycles. The van der Waals surface area contributed by atoms with Gasteiger partial charge in [0.15, 0.2) is 11.0 Å². The third-order valence-electron chi connectivity index (χ3n) is 5.56. The maximum absolute atomic E-state index is 13.2. The second-order valence-electron chi connectivity index (χ2n) is 7.46. The number of nitrogens with zero attached hydrogens (tertiary/aromatic N) is 4. The molecule has 6 heteroatoms. The average Bonchev–Trinajstić information content (AvgIpc) is 3.02. The van der Waals surface area contributed by atoms with Gasteiger partial charge in [0.05, 0.1) is 18.0 Å². The van der Waals surface area contributed by atoms with E-state index in [0.29, 0.717) is 0 Å². The maximum Gasteiger partial charge on any atom is 0.209 e. The van der Waals surface area contributed by atoms with Gasteiger partial charge in [0.2, 0.25) is 5.96 Å². The van der Waals surface area contributed by atoms with Crippen molar-refractivity contribution in [1.82, 2.24) is 14.1 Å². The van der Waals surface area contributed by atoms with Crippen molar-refractivity contribution in [2.45, 2.75) is 44.0 Å². The fourth-order valence-electron chi connectivity index (χ4n) is 4.03. The Morgan fingerprint density at radius 1 is 1.00 bits per heavy atom. The van der Waals surface area contributed by atoms with Gasteiger partial charge in [-0.15, -0.1) is 0 Å². The molecule has 0 N–H and O–H groups in total. The molecular formula is C19H28N4OS. The average molecular weight is 361 g/mol. The summed E-state index contributed by atoms with van der Waals surface area (Å²) in [5.74, 6) is 0.936. The molecule has 1 saturated heterocycles. The van der Waals surface area contributed by atoms with Gasteiger partial charge < -0.3 is 4.90 Å². The summed E-state index contributed by atoms with van der Waals surface area (Å²) in [7, 11) is -1.17. The highest BCUT2D eigenvalue weighted by Gasteiger charge is 2.33. The van der Waals surface area contributed by atoms with Crippen LogP contribution in [-0.4, -0.2) is 69.6 Å². The van der Waals surface area contributed by atoms with Crippen LogP contribution in [0, 0.1) is 13.8 Å². The van der Waals surface area contributed by atoms with Crippen molar-refractivity contribution in [2.24, 2.45) is 4.99 Å². The SMILES string of the molecule is Cc1cc(C)cc(S(=O)N2CCN=C2N2CCN(C3CCC3)CC2)c1. The summed E-state index contributed by atoms with van der Waals surface area (Å²) in [5.41, 5.74) is 2.32. The summed E-state index contributed by atoms with van der Waals surface area (Å²) in [6.45, 7) is 9.82. The molecule has 5 nitrogen and oxygen atoms in total. The third-order valence-corrected chi connectivity index (χ3v) is 6.95. The molecule has 1 aliphatic carbocycles. The van der Waals surface area contributed by atoms with E-state index < -0.39 is 11.0 Å². The number of aliphatic imine (C=N–C) groups is 1. The third kappa shape index (κ3) is 3.47. The van der Waals surface area contributed by atoms with Crippen LogP contribution in [0.15, 0.2) is 28.1 Å². The second kappa shape index (κ2) is 7.08. The molecule has 0 bridgehead atoms. The molecule has 4 rings (SSSR count). The Kier molecular flexibility index (Phi) is 4.82. The summed E-state index contributed by atoms with van der Waals surface area (Å²) in [5, 5.41) is 0. The van der Waals surface area contributed by atoms with Gasteiger partial charge in [-0.2, -0.15) is 0 Å². The molecule has 1 atom stereocenters. The molecule has 0 aromatic heterocycles. The molecule has 0 amide bonds. The number of hydrogen-bond acceptors (Lipinski definition) is 4. The number of aryl methyl sites for hydroxylation is 2. The zero-order valence-corrected chi connectivity index (χ0v) is 16.1. The Labute approximate surface area is 153 Å². The summed E-state index contributed by atoms with van der Waals surface area (Å²) in [4.78, 5) is 10.5. The van der Waals surface area contributed by atoms with Crippen LogP contribution in [0.5, 0.6) is 0 Å². The van der Waals surface area contributed by atoms with Crippen LogP contribution in [0.3, 0.4) is 0 Å². The summed E-state index contributed by atoms with van der Waals surface area (Å²) < 4.78 is 15.1. The van der Waals surface area contributed by atoms with E-state index in [4.69, 9.17) is 4.99 Å². The number of piperazine rings is 1.